The van der Waals surface area contributed by atoms with Crippen molar-refractivity contribution >= 4 is 38.8 Å². The number of nitrogens with two attached hydrogens (primary N) is 1. The zero-order valence-electron chi connectivity index (χ0n) is 16.5. The van der Waals surface area contributed by atoms with E-state index in [1.165, 1.54) is 24.3 Å². The lowest BCUT2D eigenvalue weighted by molar-refractivity contribution is -0.116. The van der Waals surface area contributed by atoms with E-state index in [4.69, 9.17) is 5.73 Å². The van der Waals surface area contributed by atoms with Gasteiger partial charge in [-0.3, -0.25) is 4.79 Å². The molecule has 0 fully saturated rings. The number of primary amides is 1. The number of rotatable bonds is 7. The number of benzene rings is 2. The van der Waals surface area contributed by atoms with Crippen LogP contribution < -0.4 is 11.1 Å². The van der Waals surface area contributed by atoms with Gasteiger partial charge in [0.2, 0.25) is 5.91 Å². The van der Waals surface area contributed by atoms with Gasteiger partial charge in [0.25, 0.3) is 10.0 Å². The summed E-state index contributed by atoms with van der Waals surface area (Å²) in [4.78, 5) is 31.9. The number of carboxylic acid groups (broad SMARTS) is 1. The highest BCUT2D eigenvalue weighted by Crippen LogP contribution is 2.31. The Labute approximate surface area is 182 Å². The number of fused-ring (bicyclic) bond motifs is 1. The molecule has 4 rings (SSSR count). The molecule has 0 aliphatic heterocycles. The third kappa shape index (κ3) is 3.76. The molecule has 1 amide bonds. The van der Waals surface area contributed by atoms with Crippen molar-refractivity contribution < 1.29 is 23.1 Å². The Hall–Kier alpha value is -4.25. The predicted octanol–water partition coefficient (Wildman–Crippen LogP) is 1.93. The second-order valence-electron chi connectivity index (χ2n) is 6.74. The number of carbonyl (C=O) groups excluding carboxylic acids is 1. The van der Waals surface area contributed by atoms with Crippen LogP contribution in [0.4, 0.5) is 5.82 Å². The Morgan fingerprint density at radius 3 is 2.22 bits per heavy atom. The highest BCUT2D eigenvalue weighted by Gasteiger charge is 2.29. The molecule has 0 atom stereocenters. The van der Waals surface area contributed by atoms with E-state index < -0.39 is 27.6 Å². The first-order chi connectivity index (χ1) is 15.3. The van der Waals surface area contributed by atoms with E-state index in [0.717, 1.165) is 6.07 Å². The number of nitrogens with zero attached hydrogens (tertiary/aromatic N) is 3. The third-order valence-electron chi connectivity index (χ3n) is 4.58. The monoisotopic (exact) mass is 451 g/mol. The van der Waals surface area contributed by atoms with Crippen molar-refractivity contribution in [1.82, 2.24) is 13.9 Å². The minimum atomic E-state index is -4.32. The van der Waals surface area contributed by atoms with Gasteiger partial charge in [-0.25, -0.2) is 27.2 Å². The van der Waals surface area contributed by atoms with Crippen molar-refractivity contribution in [2.24, 2.45) is 5.73 Å². The summed E-state index contributed by atoms with van der Waals surface area (Å²) >= 11 is 0. The zero-order chi connectivity index (χ0) is 22.9. The van der Waals surface area contributed by atoms with Gasteiger partial charge in [-0.05, 0) is 18.2 Å². The normalized spacial score (nSPS) is 11.4. The van der Waals surface area contributed by atoms with Crippen LogP contribution in [0.1, 0.15) is 10.5 Å². The number of anilines is 1. The van der Waals surface area contributed by atoms with Crippen LogP contribution in [0, 0.1) is 0 Å². The highest BCUT2D eigenvalue weighted by molar-refractivity contribution is 7.90. The topological polar surface area (TPSA) is 157 Å². The molecule has 0 saturated heterocycles. The van der Waals surface area contributed by atoms with E-state index in [1.54, 1.807) is 36.4 Å². The van der Waals surface area contributed by atoms with Crippen molar-refractivity contribution in [2.75, 3.05) is 11.9 Å². The van der Waals surface area contributed by atoms with Gasteiger partial charge in [0.15, 0.2) is 11.5 Å². The van der Waals surface area contributed by atoms with Crippen LogP contribution in [0.2, 0.25) is 0 Å². The molecular formula is C21H17N5O5S. The molecular weight excluding hydrogens is 434 g/mol. The molecule has 0 spiro atoms. The molecule has 2 heterocycles. The Bertz CT molecular complexity index is 1430. The van der Waals surface area contributed by atoms with E-state index in [1.807, 2.05) is 0 Å². The quantitative estimate of drug-likeness (QED) is 0.385. The molecule has 4 aromatic rings. The molecule has 0 saturated carbocycles. The van der Waals surface area contributed by atoms with Gasteiger partial charge in [-0.15, -0.1) is 0 Å². The Balaban J connectivity index is 2.07. The molecule has 10 nitrogen and oxygen atoms in total. The molecule has 0 unspecified atom stereocenters. The predicted molar refractivity (Wildman–Crippen MR) is 117 cm³/mol. The maximum atomic E-state index is 13.4. The molecule has 0 radical (unpaired) electrons. The number of aromatic carboxylic acids is 1. The number of carbonyl (C=O) groups is 2. The van der Waals surface area contributed by atoms with Crippen LogP contribution in [-0.4, -0.2) is 45.9 Å². The number of nitrogens with one attached hydrogen (secondary N) is 1. The minimum absolute atomic E-state index is 0.0807. The summed E-state index contributed by atoms with van der Waals surface area (Å²) < 4.78 is 27.5. The summed E-state index contributed by atoms with van der Waals surface area (Å²) in [5.74, 6) is -1.92. The van der Waals surface area contributed by atoms with Crippen LogP contribution in [-0.2, 0) is 14.8 Å². The molecule has 0 aliphatic carbocycles. The lowest BCUT2D eigenvalue weighted by atomic mass is 10.2. The standard InChI is InChI=1S/C21H17N5O5S/c22-17(27)12-23-19-15-11-16(21(28)29)26(32(30,31)14-9-5-2-6-10-14)20(15)25-18(24-19)13-7-3-1-4-8-13/h1-11H,12H2,(H2,22,27)(H,28,29)(H,23,24,25). The Morgan fingerprint density at radius 2 is 1.62 bits per heavy atom. The molecule has 162 valence electrons. The van der Waals surface area contributed by atoms with E-state index in [0.29, 0.717) is 9.54 Å². The molecule has 0 bridgehead atoms. The first-order valence-corrected chi connectivity index (χ1v) is 10.8. The SMILES string of the molecule is NC(=O)CNc1nc(-c2ccccc2)nc2c1cc(C(=O)O)n2S(=O)(=O)c1ccccc1. The smallest absolute Gasteiger partial charge is 0.353 e. The summed E-state index contributed by atoms with van der Waals surface area (Å²) in [6.07, 6.45) is 0. The lowest BCUT2D eigenvalue weighted by Crippen LogP contribution is -2.22. The van der Waals surface area contributed by atoms with Crippen LogP contribution in [0.5, 0.6) is 0 Å². The second kappa shape index (κ2) is 8.12. The van der Waals surface area contributed by atoms with Gasteiger partial charge < -0.3 is 16.2 Å². The summed E-state index contributed by atoms with van der Waals surface area (Å²) in [6, 6.07) is 17.3. The van der Waals surface area contributed by atoms with Gasteiger partial charge in [-0.1, -0.05) is 48.5 Å². The number of aromatic nitrogens is 3. The van der Waals surface area contributed by atoms with Crippen LogP contribution >= 0.6 is 0 Å². The van der Waals surface area contributed by atoms with Gasteiger partial charge in [0, 0.05) is 5.56 Å². The summed E-state index contributed by atoms with van der Waals surface area (Å²) in [7, 11) is -4.32. The van der Waals surface area contributed by atoms with E-state index in [-0.39, 0.29) is 34.1 Å². The molecule has 4 N–H and O–H groups in total. The molecule has 11 heteroatoms. The van der Waals surface area contributed by atoms with Crippen LogP contribution in [0.3, 0.4) is 0 Å². The van der Waals surface area contributed by atoms with Gasteiger partial charge in [0.1, 0.15) is 11.5 Å². The van der Waals surface area contributed by atoms with Crippen molar-refractivity contribution in [3.8, 4) is 11.4 Å². The van der Waals surface area contributed by atoms with Crippen LogP contribution in [0.15, 0.2) is 71.6 Å². The second-order valence-corrected chi connectivity index (χ2v) is 8.52. The first kappa shape index (κ1) is 21.0. The first-order valence-electron chi connectivity index (χ1n) is 9.34. The van der Waals surface area contributed by atoms with Crippen LogP contribution in [0.25, 0.3) is 22.4 Å². The average molecular weight is 451 g/mol. The fourth-order valence-corrected chi connectivity index (χ4v) is 4.63. The summed E-state index contributed by atoms with van der Waals surface area (Å²) in [5, 5.41) is 12.6. The van der Waals surface area contributed by atoms with Crippen molar-refractivity contribution in [2.45, 2.75) is 4.90 Å². The van der Waals surface area contributed by atoms with E-state index in [9.17, 15) is 23.1 Å². The van der Waals surface area contributed by atoms with Crippen molar-refractivity contribution in [3.63, 3.8) is 0 Å². The van der Waals surface area contributed by atoms with Crippen molar-refractivity contribution in [3.05, 3.63) is 72.4 Å². The number of hydrogen-bond acceptors (Lipinski definition) is 7. The number of amides is 1. The fraction of sp³-hybridized carbons (Fsp3) is 0.0476. The molecule has 2 aromatic heterocycles. The van der Waals surface area contributed by atoms with E-state index in [2.05, 4.69) is 15.3 Å². The average Bonchev–Trinajstić information content (AvgIpc) is 3.19. The van der Waals surface area contributed by atoms with E-state index >= 15 is 0 Å². The zero-order valence-corrected chi connectivity index (χ0v) is 17.3. The molecule has 0 aliphatic rings. The van der Waals surface area contributed by atoms with Gasteiger partial charge in [-0.2, -0.15) is 0 Å². The molecule has 2 aromatic carbocycles. The van der Waals surface area contributed by atoms with Gasteiger partial charge >= 0.3 is 5.97 Å². The Morgan fingerprint density at radius 1 is 1.00 bits per heavy atom. The maximum absolute atomic E-state index is 13.4. The largest absolute Gasteiger partial charge is 0.477 e. The Kier molecular flexibility index (Phi) is 5.33. The van der Waals surface area contributed by atoms with Gasteiger partial charge in [0.05, 0.1) is 16.8 Å². The third-order valence-corrected chi connectivity index (χ3v) is 6.30. The molecule has 32 heavy (non-hydrogen) atoms. The highest BCUT2D eigenvalue weighted by atomic mass is 32.2. The summed E-state index contributed by atoms with van der Waals surface area (Å²) in [6.45, 7) is -0.292. The maximum Gasteiger partial charge on any atom is 0.353 e. The number of carboxylic acids is 1. The lowest BCUT2D eigenvalue weighted by Gasteiger charge is -2.11. The fourth-order valence-electron chi connectivity index (χ4n) is 3.17. The summed E-state index contributed by atoms with van der Waals surface area (Å²) in [5.41, 5.74) is 5.12. The minimum Gasteiger partial charge on any atom is -0.477 e. The van der Waals surface area contributed by atoms with Crippen molar-refractivity contribution in [1.29, 1.82) is 0 Å². The number of hydrogen-bond donors (Lipinski definition) is 3.